The van der Waals surface area contributed by atoms with Crippen LogP contribution in [-0.4, -0.2) is 34.8 Å². The molecule has 8 heteroatoms. The monoisotopic (exact) mass is 416 g/mol. The molecule has 1 atom stereocenters. The van der Waals surface area contributed by atoms with Crippen molar-refractivity contribution in [3.05, 3.63) is 45.2 Å². The summed E-state index contributed by atoms with van der Waals surface area (Å²) >= 11 is 12.1. The van der Waals surface area contributed by atoms with E-state index in [4.69, 9.17) is 23.2 Å². The van der Waals surface area contributed by atoms with E-state index in [0.717, 1.165) is 48.6 Å². The van der Waals surface area contributed by atoms with Crippen LogP contribution >= 0.6 is 35.6 Å². The largest absolute Gasteiger partial charge is 0.352 e. The van der Waals surface area contributed by atoms with Gasteiger partial charge in [-0.05, 0) is 51.4 Å². The Morgan fingerprint density at radius 3 is 2.77 bits per heavy atom. The van der Waals surface area contributed by atoms with Crippen LogP contribution in [0, 0.1) is 13.8 Å². The minimum atomic E-state index is 0. The number of aryl methyl sites for hydroxylation is 1. The Morgan fingerprint density at radius 1 is 1.35 bits per heavy atom. The average Bonchev–Trinajstić information content (AvgIpc) is 2.86. The van der Waals surface area contributed by atoms with E-state index >= 15 is 0 Å². The number of amides is 1. The van der Waals surface area contributed by atoms with Crippen LogP contribution in [0.3, 0.4) is 0 Å². The van der Waals surface area contributed by atoms with E-state index in [1.54, 1.807) is 12.1 Å². The molecule has 0 saturated carbocycles. The first-order chi connectivity index (χ1) is 12.0. The Labute approximate surface area is 169 Å². The molecule has 26 heavy (non-hydrogen) atoms. The maximum Gasteiger partial charge on any atom is 0.224 e. The number of nitrogens with one attached hydrogen (secondary N) is 2. The number of carbonyl (C=O) groups is 1. The summed E-state index contributed by atoms with van der Waals surface area (Å²) in [5.74, 6) is 0.0357. The molecule has 2 aromatic rings. The quantitative estimate of drug-likeness (QED) is 0.798. The third kappa shape index (κ3) is 4.71. The Morgan fingerprint density at radius 2 is 2.12 bits per heavy atom. The van der Waals surface area contributed by atoms with Crippen LogP contribution in [0.2, 0.25) is 10.0 Å². The molecule has 1 aliphatic rings. The topological polar surface area (TPSA) is 59.0 Å². The number of rotatable bonds is 4. The molecular formula is C18H23Cl3N4O. The second-order valence-electron chi connectivity index (χ2n) is 6.45. The molecule has 3 rings (SSSR count). The number of halogens is 3. The van der Waals surface area contributed by atoms with E-state index in [1.165, 1.54) is 0 Å². The summed E-state index contributed by atoms with van der Waals surface area (Å²) in [5, 5.41) is 12.0. The summed E-state index contributed by atoms with van der Waals surface area (Å²) in [5.41, 5.74) is 3.57. The number of hydrogen-bond acceptors (Lipinski definition) is 3. The number of hydrogen-bond donors (Lipinski definition) is 2. The van der Waals surface area contributed by atoms with Crippen molar-refractivity contribution in [3.63, 3.8) is 0 Å². The van der Waals surface area contributed by atoms with Crippen molar-refractivity contribution in [2.45, 2.75) is 39.2 Å². The number of benzene rings is 1. The zero-order valence-electron chi connectivity index (χ0n) is 14.8. The first kappa shape index (κ1) is 21.0. The van der Waals surface area contributed by atoms with Gasteiger partial charge >= 0.3 is 0 Å². The predicted octanol–water partition coefficient (Wildman–Crippen LogP) is 3.63. The minimum Gasteiger partial charge on any atom is -0.352 e. The SMILES string of the molecule is Cc1nn(-c2ccc(Cl)c(Cl)c2)c(C)c1CC(=O)NC1CCCNC1.Cl. The number of nitrogens with zero attached hydrogens (tertiary/aromatic N) is 2. The molecule has 1 fully saturated rings. The van der Waals surface area contributed by atoms with Crippen LogP contribution in [0.4, 0.5) is 0 Å². The first-order valence-corrected chi connectivity index (χ1v) is 9.22. The van der Waals surface area contributed by atoms with E-state index in [2.05, 4.69) is 15.7 Å². The van der Waals surface area contributed by atoms with Crippen molar-refractivity contribution in [2.75, 3.05) is 13.1 Å². The molecule has 5 nitrogen and oxygen atoms in total. The van der Waals surface area contributed by atoms with Gasteiger partial charge in [0.05, 0.1) is 27.8 Å². The molecule has 0 spiro atoms. The summed E-state index contributed by atoms with van der Waals surface area (Å²) in [6.07, 6.45) is 2.45. The van der Waals surface area contributed by atoms with Crippen LogP contribution in [0.1, 0.15) is 29.8 Å². The maximum absolute atomic E-state index is 12.4. The van der Waals surface area contributed by atoms with Crippen molar-refractivity contribution in [1.29, 1.82) is 0 Å². The molecule has 1 aliphatic heterocycles. The van der Waals surface area contributed by atoms with Gasteiger partial charge in [-0.15, -0.1) is 12.4 Å². The molecule has 0 radical (unpaired) electrons. The van der Waals surface area contributed by atoms with Crippen LogP contribution in [-0.2, 0) is 11.2 Å². The van der Waals surface area contributed by atoms with Crippen molar-refractivity contribution >= 4 is 41.5 Å². The molecule has 1 saturated heterocycles. The molecule has 1 unspecified atom stereocenters. The van der Waals surface area contributed by atoms with E-state index < -0.39 is 0 Å². The summed E-state index contributed by atoms with van der Waals surface area (Å²) in [4.78, 5) is 12.4. The second-order valence-corrected chi connectivity index (χ2v) is 7.26. The van der Waals surface area contributed by atoms with Gasteiger partial charge in [0.2, 0.25) is 5.91 Å². The van der Waals surface area contributed by atoms with Crippen LogP contribution < -0.4 is 10.6 Å². The van der Waals surface area contributed by atoms with E-state index in [9.17, 15) is 4.79 Å². The lowest BCUT2D eigenvalue weighted by Crippen LogP contribution is -2.46. The standard InChI is InChI=1S/C18H22Cl2N4O.ClH/c1-11-15(9-18(25)22-13-4-3-7-21-10-13)12(2)24(23-11)14-5-6-16(19)17(20)8-14;/h5-6,8,13,21H,3-4,7,9-10H2,1-2H3,(H,22,25);1H. The molecule has 0 aliphatic carbocycles. The fourth-order valence-electron chi connectivity index (χ4n) is 3.21. The van der Waals surface area contributed by atoms with Gasteiger partial charge in [-0.25, -0.2) is 4.68 Å². The van der Waals surface area contributed by atoms with Gasteiger partial charge in [0, 0.05) is 23.8 Å². The highest BCUT2D eigenvalue weighted by Gasteiger charge is 2.19. The van der Waals surface area contributed by atoms with Crippen LogP contribution in [0.5, 0.6) is 0 Å². The summed E-state index contributed by atoms with van der Waals surface area (Å²) < 4.78 is 1.81. The smallest absolute Gasteiger partial charge is 0.224 e. The molecule has 0 bridgehead atoms. The van der Waals surface area contributed by atoms with E-state index in [-0.39, 0.29) is 24.4 Å². The highest BCUT2D eigenvalue weighted by atomic mass is 35.5. The molecule has 1 amide bonds. The van der Waals surface area contributed by atoms with Crippen molar-refractivity contribution in [2.24, 2.45) is 0 Å². The fraction of sp³-hybridized carbons (Fsp3) is 0.444. The highest BCUT2D eigenvalue weighted by molar-refractivity contribution is 6.42. The van der Waals surface area contributed by atoms with Gasteiger partial charge in [0.1, 0.15) is 0 Å². The van der Waals surface area contributed by atoms with Gasteiger partial charge in [-0.1, -0.05) is 23.2 Å². The van der Waals surface area contributed by atoms with Crippen molar-refractivity contribution in [1.82, 2.24) is 20.4 Å². The molecular weight excluding hydrogens is 395 g/mol. The predicted molar refractivity (Wildman–Crippen MR) is 108 cm³/mol. The molecule has 2 heterocycles. The molecule has 2 N–H and O–H groups in total. The average molecular weight is 418 g/mol. The van der Waals surface area contributed by atoms with Crippen LogP contribution in [0.15, 0.2) is 18.2 Å². The lowest BCUT2D eigenvalue weighted by atomic mass is 10.1. The van der Waals surface area contributed by atoms with Gasteiger partial charge in [0.15, 0.2) is 0 Å². The molecule has 142 valence electrons. The first-order valence-electron chi connectivity index (χ1n) is 8.46. The fourth-order valence-corrected chi connectivity index (χ4v) is 3.51. The van der Waals surface area contributed by atoms with Gasteiger partial charge in [0.25, 0.3) is 0 Å². The third-order valence-corrected chi connectivity index (χ3v) is 5.33. The van der Waals surface area contributed by atoms with Gasteiger partial charge in [-0.3, -0.25) is 4.79 Å². The highest BCUT2D eigenvalue weighted by Crippen LogP contribution is 2.26. The van der Waals surface area contributed by atoms with Crippen molar-refractivity contribution < 1.29 is 4.79 Å². The van der Waals surface area contributed by atoms with E-state index in [1.807, 2.05) is 24.6 Å². The number of piperidine rings is 1. The van der Waals surface area contributed by atoms with Crippen molar-refractivity contribution in [3.8, 4) is 5.69 Å². The van der Waals surface area contributed by atoms with E-state index in [0.29, 0.717) is 16.5 Å². The third-order valence-electron chi connectivity index (χ3n) is 4.59. The summed E-state index contributed by atoms with van der Waals surface area (Å²) in [6, 6.07) is 5.61. The van der Waals surface area contributed by atoms with Crippen LogP contribution in [0.25, 0.3) is 5.69 Å². The molecule has 1 aromatic carbocycles. The zero-order chi connectivity index (χ0) is 18.0. The lowest BCUT2D eigenvalue weighted by Gasteiger charge is -2.23. The Bertz CT molecular complexity index is 785. The Hall–Kier alpha value is -1.27. The van der Waals surface area contributed by atoms with Gasteiger partial charge in [-0.2, -0.15) is 5.10 Å². The lowest BCUT2D eigenvalue weighted by molar-refractivity contribution is -0.121. The maximum atomic E-state index is 12.4. The summed E-state index contributed by atoms with van der Waals surface area (Å²) in [6.45, 7) is 5.76. The Kier molecular flexibility index (Phi) is 7.35. The second kappa shape index (κ2) is 9.09. The minimum absolute atomic E-state index is 0. The summed E-state index contributed by atoms with van der Waals surface area (Å²) in [7, 11) is 0. The molecule has 1 aromatic heterocycles. The van der Waals surface area contributed by atoms with Gasteiger partial charge < -0.3 is 10.6 Å². The number of carbonyl (C=O) groups excluding carboxylic acids is 1. The number of aromatic nitrogens is 2. The normalized spacial score (nSPS) is 16.8. The zero-order valence-corrected chi connectivity index (χ0v) is 17.1. The Balaban J connectivity index is 0.00000243.